The number of aromatic amines is 1. The highest BCUT2D eigenvalue weighted by atomic mass is 32.2. The van der Waals surface area contributed by atoms with Crippen LogP contribution in [0, 0.1) is 18.8 Å². The summed E-state index contributed by atoms with van der Waals surface area (Å²) in [5, 5.41) is 2.29. The fraction of sp³-hybridized carbons (Fsp3) is 0.412. The van der Waals surface area contributed by atoms with Gasteiger partial charge in [0, 0.05) is 16.6 Å². The van der Waals surface area contributed by atoms with Crippen LogP contribution in [0.2, 0.25) is 0 Å². The predicted octanol–water partition coefficient (Wildman–Crippen LogP) is 2.05. The van der Waals surface area contributed by atoms with Crippen LogP contribution in [0.5, 0.6) is 0 Å². The van der Waals surface area contributed by atoms with Crippen LogP contribution >= 0.6 is 0 Å². The Balaban J connectivity index is 1.97. The van der Waals surface area contributed by atoms with Crippen molar-refractivity contribution in [2.75, 3.05) is 7.11 Å². The third-order valence-electron chi connectivity index (χ3n) is 4.62. The molecule has 1 N–H and O–H groups in total. The van der Waals surface area contributed by atoms with Crippen LogP contribution in [0.15, 0.2) is 18.2 Å². The van der Waals surface area contributed by atoms with Crippen molar-refractivity contribution < 1.29 is 17.9 Å². The number of fused-ring (bicyclic) bond motifs is 3. The minimum Gasteiger partial charge on any atom is -0.469 e. The smallest absolute Gasteiger partial charge is 0.313 e. The number of rotatable bonds is 3. The average molecular weight is 333 g/mol. The maximum absolute atomic E-state index is 11.9. The van der Waals surface area contributed by atoms with E-state index in [1.165, 1.54) is 23.6 Å². The molecule has 5 nitrogen and oxygen atoms in total. The van der Waals surface area contributed by atoms with Gasteiger partial charge in [0.25, 0.3) is 0 Å². The Morgan fingerprint density at radius 1 is 1.43 bits per heavy atom. The summed E-state index contributed by atoms with van der Waals surface area (Å²) in [4.78, 5) is 15.4. The van der Waals surface area contributed by atoms with E-state index in [0.29, 0.717) is 6.42 Å². The average Bonchev–Trinajstić information content (AvgIpc) is 2.88. The number of carbonyl (C=O) groups excluding carboxylic acids is 1. The van der Waals surface area contributed by atoms with Crippen LogP contribution in [-0.4, -0.2) is 31.8 Å². The lowest BCUT2D eigenvalue weighted by molar-refractivity contribution is -0.144. The van der Waals surface area contributed by atoms with Crippen molar-refractivity contribution in [2.45, 2.75) is 26.2 Å². The van der Waals surface area contributed by atoms with Gasteiger partial charge in [-0.2, -0.15) is 8.42 Å². The molecule has 122 valence electrons. The number of esters is 1. The summed E-state index contributed by atoms with van der Waals surface area (Å²) in [7, 11) is -1.09. The Kier molecular flexibility index (Phi) is 4.26. The standard InChI is InChI=1S/C17H19NO4S/c1-10-3-6-15-13(7-10)12-5-4-11(8-16(12)18-15)14(9-23(20)21)17(19)22-2/h3,6-7,9,11,14,18H,4-5,8H2,1-2H3. The molecule has 0 aliphatic heterocycles. The molecule has 6 heteroatoms. The lowest BCUT2D eigenvalue weighted by Gasteiger charge is -2.26. The van der Waals surface area contributed by atoms with E-state index in [9.17, 15) is 13.2 Å². The molecule has 23 heavy (non-hydrogen) atoms. The molecule has 0 saturated heterocycles. The highest BCUT2D eigenvalue weighted by Crippen LogP contribution is 2.34. The summed E-state index contributed by atoms with van der Waals surface area (Å²) in [5.74, 6) is -1.28. The maximum Gasteiger partial charge on any atom is 0.313 e. The first kappa shape index (κ1) is 15.8. The van der Waals surface area contributed by atoms with E-state index in [-0.39, 0.29) is 5.92 Å². The van der Waals surface area contributed by atoms with Crippen LogP contribution in [0.25, 0.3) is 10.9 Å². The molecule has 3 rings (SSSR count). The number of aryl methyl sites for hydroxylation is 2. The normalized spacial score (nSPS) is 18.3. The number of ether oxygens (including phenoxy) is 1. The van der Waals surface area contributed by atoms with Gasteiger partial charge in [0.15, 0.2) is 0 Å². The Bertz CT molecular complexity index is 887. The molecular weight excluding hydrogens is 314 g/mol. The highest BCUT2D eigenvalue weighted by molar-refractivity contribution is 7.71. The second-order valence-corrected chi connectivity index (χ2v) is 6.87. The highest BCUT2D eigenvalue weighted by Gasteiger charge is 2.32. The third kappa shape index (κ3) is 3.03. The van der Waals surface area contributed by atoms with Crippen molar-refractivity contribution in [1.29, 1.82) is 0 Å². The molecule has 1 aliphatic rings. The first-order chi connectivity index (χ1) is 11.0. The van der Waals surface area contributed by atoms with E-state index >= 15 is 0 Å². The zero-order valence-corrected chi connectivity index (χ0v) is 13.9. The van der Waals surface area contributed by atoms with Gasteiger partial charge in [0.1, 0.15) is 0 Å². The first-order valence-corrected chi connectivity index (χ1v) is 8.74. The SMILES string of the molecule is COC(=O)C(C=S(=O)=O)C1CCc2c([nH]c3ccc(C)cc23)C1. The van der Waals surface area contributed by atoms with Gasteiger partial charge in [-0.3, -0.25) is 4.79 Å². The molecule has 2 aromatic rings. The Morgan fingerprint density at radius 2 is 2.22 bits per heavy atom. The lowest BCUT2D eigenvalue weighted by Crippen LogP contribution is -2.31. The van der Waals surface area contributed by atoms with Gasteiger partial charge in [-0.25, -0.2) is 0 Å². The summed E-state index contributed by atoms with van der Waals surface area (Å²) < 4.78 is 26.8. The third-order valence-corrected chi connectivity index (χ3v) is 5.14. The number of methoxy groups -OCH3 is 1. The number of hydrogen-bond acceptors (Lipinski definition) is 4. The van der Waals surface area contributed by atoms with Crippen molar-refractivity contribution in [2.24, 2.45) is 11.8 Å². The minimum atomic E-state index is -2.38. The van der Waals surface area contributed by atoms with Gasteiger partial charge in [0.2, 0.25) is 10.3 Å². The van der Waals surface area contributed by atoms with Gasteiger partial charge < -0.3 is 9.72 Å². The van der Waals surface area contributed by atoms with Gasteiger partial charge in [-0.15, -0.1) is 0 Å². The van der Waals surface area contributed by atoms with Gasteiger partial charge in [0.05, 0.1) is 18.4 Å². The van der Waals surface area contributed by atoms with Crippen molar-refractivity contribution in [1.82, 2.24) is 4.98 Å². The van der Waals surface area contributed by atoms with Crippen LogP contribution in [0.3, 0.4) is 0 Å². The minimum absolute atomic E-state index is 0.0676. The molecule has 0 radical (unpaired) electrons. The van der Waals surface area contributed by atoms with Crippen molar-refractivity contribution in [3.05, 3.63) is 35.0 Å². The molecule has 1 aromatic carbocycles. The number of benzene rings is 1. The zero-order chi connectivity index (χ0) is 16.6. The molecule has 2 unspecified atom stereocenters. The number of nitrogens with one attached hydrogen (secondary N) is 1. The van der Waals surface area contributed by atoms with E-state index < -0.39 is 22.2 Å². The summed E-state index contributed by atoms with van der Waals surface area (Å²) in [6, 6.07) is 6.30. The van der Waals surface area contributed by atoms with Crippen LogP contribution in [0.1, 0.15) is 23.2 Å². The topological polar surface area (TPSA) is 76.2 Å². The quantitative estimate of drug-likeness (QED) is 0.689. The van der Waals surface area contributed by atoms with E-state index in [2.05, 4.69) is 30.1 Å². The van der Waals surface area contributed by atoms with Crippen molar-refractivity contribution in [3.8, 4) is 0 Å². The Labute approximate surface area is 136 Å². The number of H-pyrrole nitrogens is 1. The molecule has 0 spiro atoms. The predicted molar refractivity (Wildman–Crippen MR) is 89.0 cm³/mol. The molecule has 1 aliphatic carbocycles. The van der Waals surface area contributed by atoms with Crippen molar-refractivity contribution >= 4 is 32.5 Å². The monoisotopic (exact) mass is 333 g/mol. The maximum atomic E-state index is 11.9. The fourth-order valence-electron chi connectivity index (χ4n) is 3.49. The molecule has 0 amide bonds. The molecule has 0 bridgehead atoms. The summed E-state index contributed by atoms with van der Waals surface area (Å²) in [6.45, 7) is 2.07. The lowest BCUT2D eigenvalue weighted by atomic mass is 9.79. The van der Waals surface area contributed by atoms with Gasteiger partial charge >= 0.3 is 5.97 Å². The van der Waals surface area contributed by atoms with E-state index in [1.807, 2.05) is 0 Å². The van der Waals surface area contributed by atoms with Gasteiger partial charge in [-0.1, -0.05) is 11.6 Å². The van der Waals surface area contributed by atoms with E-state index in [4.69, 9.17) is 4.74 Å². The molecule has 2 atom stereocenters. The van der Waals surface area contributed by atoms with Crippen LogP contribution in [-0.2, 0) is 32.7 Å². The fourth-order valence-corrected chi connectivity index (χ4v) is 4.07. The number of aromatic nitrogens is 1. The summed E-state index contributed by atoms with van der Waals surface area (Å²) in [6.07, 6.45) is 2.24. The number of hydrogen-bond donors (Lipinski definition) is 1. The largest absolute Gasteiger partial charge is 0.469 e. The molecule has 1 heterocycles. The second kappa shape index (κ2) is 6.20. The molecule has 0 fully saturated rings. The van der Waals surface area contributed by atoms with Crippen LogP contribution in [0.4, 0.5) is 0 Å². The van der Waals surface area contributed by atoms with E-state index in [1.54, 1.807) is 0 Å². The second-order valence-electron chi connectivity index (χ2n) is 6.08. The molecule has 0 saturated carbocycles. The zero-order valence-electron chi connectivity index (χ0n) is 13.1. The van der Waals surface area contributed by atoms with Gasteiger partial charge in [-0.05, 0) is 49.8 Å². The molecule has 1 aromatic heterocycles. The molecular formula is C17H19NO4S. The van der Waals surface area contributed by atoms with E-state index in [0.717, 1.165) is 29.4 Å². The Morgan fingerprint density at radius 3 is 2.91 bits per heavy atom. The Hall–Kier alpha value is -2.08. The van der Waals surface area contributed by atoms with Crippen molar-refractivity contribution in [3.63, 3.8) is 0 Å². The summed E-state index contributed by atoms with van der Waals surface area (Å²) in [5.41, 5.74) is 4.68. The summed E-state index contributed by atoms with van der Waals surface area (Å²) >= 11 is 0. The first-order valence-electron chi connectivity index (χ1n) is 7.60. The van der Waals surface area contributed by atoms with Crippen LogP contribution < -0.4 is 0 Å². The number of carbonyl (C=O) groups is 1.